The van der Waals surface area contributed by atoms with E-state index in [2.05, 4.69) is 0 Å². The van der Waals surface area contributed by atoms with Crippen molar-refractivity contribution in [2.24, 2.45) is 0 Å². The van der Waals surface area contributed by atoms with Gasteiger partial charge in [-0.3, -0.25) is 58.1 Å². The Morgan fingerprint density at radius 3 is 1.20 bits per heavy atom. The van der Waals surface area contributed by atoms with Crippen LogP contribution in [0.3, 0.4) is 0 Å². The molecule has 0 fully saturated rings. The van der Waals surface area contributed by atoms with Crippen LogP contribution in [0, 0.1) is 10.1 Å². The summed E-state index contributed by atoms with van der Waals surface area (Å²) in [6.07, 6.45) is -2.54. The monoisotopic (exact) mass is 1370 g/mol. The van der Waals surface area contributed by atoms with Crippen LogP contribution in [0.5, 0.6) is 0 Å². The molecule has 0 atom stereocenters. The van der Waals surface area contributed by atoms with Gasteiger partial charge in [-0.05, 0) is 156 Å². The maximum absolute atomic E-state index is 12.9. The van der Waals surface area contributed by atoms with E-state index in [1.165, 1.54) is 90.6 Å². The van der Waals surface area contributed by atoms with Gasteiger partial charge in [-0.25, -0.2) is 0 Å². The number of non-ortho nitro benzene ring substituents is 1. The van der Waals surface area contributed by atoms with Crippen LogP contribution in [-0.2, 0) is 12.6 Å². The van der Waals surface area contributed by atoms with Crippen LogP contribution in [0.15, 0.2) is 328 Å². The minimum Gasteiger partial charge on any atom is -0.399 e. The number of anilines is 1. The third-order valence-electron chi connectivity index (χ3n) is 12.4. The first kappa shape index (κ1) is 73.7. The molecular weight excluding hydrogens is 1310 g/mol. The highest BCUT2D eigenvalue weighted by Gasteiger charge is 2.35. The highest BCUT2D eigenvalue weighted by molar-refractivity contribution is 8.15. The number of nitrogens with zero attached hydrogens (tertiary/aromatic N) is 1. The lowest BCUT2D eigenvalue weighted by molar-refractivity contribution is -0.384. The van der Waals surface area contributed by atoms with Gasteiger partial charge in [0, 0.05) is 62.5 Å². The van der Waals surface area contributed by atoms with Crippen LogP contribution in [0.1, 0.15) is 62.9 Å². The third-order valence-corrected chi connectivity index (χ3v) is 17.1. The minimum atomic E-state index is -4.62. The molecule has 0 bridgehead atoms. The lowest BCUT2D eigenvalue weighted by atomic mass is 10.0. The number of halogens is 3. The molecule has 0 saturated heterocycles. The van der Waals surface area contributed by atoms with E-state index in [0.29, 0.717) is 60.0 Å². The Morgan fingerprint density at radius 1 is 0.389 bits per heavy atom. The van der Waals surface area contributed by atoms with Crippen molar-refractivity contribution < 1.29 is 42.1 Å². The van der Waals surface area contributed by atoms with Crippen molar-refractivity contribution in [3.05, 3.63) is 379 Å². The number of thioether (sulfide) groups is 5. The number of carbonyl (C=O) groups excluding carboxylic acids is 5. The number of nitrogens with two attached hydrogens (primary N) is 1. The Kier molecular flexibility index (Phi) is 29.5. The molecule has 14 nitrogen and oxygen atoms in total. The standard InChI is InChI=1S/C15H9F3O2S.C15H12O2S2.C15H12O2.C14H9NO4S.C14H11NO2S/c16-15(17,18)11-7-5-4-6-10(11)14(20)21-13-9-3-1-2-8-12(13)19;1-18-13-9-6-5-7-11(13)15(17)19-14-10-4-2-3-8-12(14)16;16-14-10-6-2-5-9-13(14)11-15(17)12-7-3-1-4-8-12;16-12-4-2-1-3-5-13(12)20-14(17)10-6-8-11(9-7-10)15(18)19;15-11-6-4-5-10(9-11)14(17)18-13-8-3-1-2-7-12(13)16/h1-9H;2-10H,1H3;1-10H,11H2;1-9H;1-9H,15H2. The van der Waals surface area contributed by atoms with Gasteiger partial charge in [0.05, 0.1) is 30.1 Å². The molecule has 0 aliphatic carbocycles. The average molecular weight is 1370 g/mol. The number of benzene rings is 5. The van der Waals surface area contributed by atoms with E-state index in [9.17, 15) is 71.2 Å². The fourth-order valence-electron chi connectivity index (χ4n) is 7.74. The predicted molar refractivity (Wildman–Crippen MR) is 372 cm³/mol. The van der Waals surface area contributed by atoms with Gasteiger partial charge in [0.2, 0.25) is 20.5 Å². The molecule has 0 spiro atoms. The van der Waals surface area contributed by atoms with Crippen molar-refractivity contribution in [2.45, 2.75) is 37.1 Å². The van der Waals surface area contributed by atoms with Gasteiger partial charge < -0.3 is 5.73 Å². The molecule has 10 aromatic carbocycles. The molecule has 10 rings (SSSR count). The number of nitro groups is 1. The van der Waals surface area contributed by atoms with Crippen molar-refractivity contribution in [1.82, 2.24) is 0 Å². The van der Waals surface area contributed by atoms with Crippen molar-refractivity contribution in [2.75, 3.05) is 12.0 Å². The molecule has 2 N–H and O–H groups in total. The largest absolute Gasteiger partial charge is 0.417 e. The zero-order valence-electron chi connectivity index (χ0n) is 49.9. The Balaban J connectivity index is 0.000000188. The summed E-state index contributed by atoms with van der Waals surface area (Å²) in [5, 5.41) is 9.09. The van der Waals surface area contributed by atoms with E-state index in [1.54, 1.807) is 152 Å². The van der Waals surface area contributed by atoms with E-state index in [4.69, 9.17) is 5.73 Å². The minimum absolute atomic E-state index is 0.0334. The summed E-state index contributed by atoms with van der Waals surface area (Å²) in [6.45, 7) is 0. The van der Waals surface area contributed by atoms with Gasteiger partial charge in [0.1, 0.15) is 0 Å². The molecule has 10 aromatic rings. The van der Waals surface area contributed by atoms with Crippen molar-refractivity contribution in [1.29, 1.82) is 0 Å². The van der Waals surface area contributed by atoms with Crippen molar-refractivity contribution >= 4 is 96.4 Å². The van der Waals surface area contributed by atoms with Gasteiger partial charge in [-0.2, -0.15) is 13.2 Å². The summed E-state index contributed by atoms with van der Waals surface area (Å²) >= 11 is 4.73. The molecule has 0 aliphatic rings. The second-order valence-corrected chi connectivity index (χ2v) is 24.0. The summed E-state index contributed by atoms with van der Waals surface area (Å²) in [6, 6.07) is 73.1. The number of ketones is 1. The quantitative estimate of drug-likeness (QED) is 0.0371. The summed E-state index contributed by atoms with van der Waals surface area (Å²) in [4.78, 5) is 131. The van der Waals surface area contributed by atoms with Crippen LogP contribution in [-0.4, -0.2) is 37.4 Å². The number of nitro benzene ring substituents is 1. The second-order valence-electron chi connectivity index (χ2n) is 19.1. The number of hydrogen-bond donors (Lipinski definition) is 1. The summed E-state index contributed by atoms with van der Waals surface area (Å²) < 4.78 is 38.6. The number of Topliss-reactive ketones (excluding diaryl/α,β-unsaturated/α-hetero) is 1. The fraction of sp³-hybridized carbons (Fsp3) is 0.0411. The maximum atomic E-state index is 12.9. The van der Waals surface area contributed by atoms with Crippen LogP contribution >= 0.6 is 58.8 Å². The number of alkyl halides is 3. The first-order valence-electron chi connectivity index (χ1n) is 27.9. The Labute approximate surface area is 563 Å². The van der Waals surface area contributed by atoms with Crippen LogP contribution < -0.4 is 32.9 Å². The summed E-state index contributed by atoms with van der Waals surface area (Å²) in [5.74, 6) is -0.0334. The Bertz CT molecular complexity index is 4690. The summed E-state index contributed by atoms with van der Waals surface area (Å²) in [5.41, 5.74) is 6.17. The van der Waals surface area contributed by atoms with Crippen molar-refractivity contribution in [3.8, 4) is 0 Å². The molecule has 0 aromatic heterocycles. The SMILES string of the molecule is CSc1ccccc1C(=O)Sc1cccccc1=O.Nc1cccc(C(=O)Sc2cccccc2=O)c1.O=C(Cc1cccccc1=O)c1ccccc1.O=C(Sc1cccccc1=O)c1ccc([N+](=O)[O-])cc1.O=C(Sc1cccccc1=O)c1ccccc1C(F)(F)F. The van der Waals surface area contributed by atoms with Crippen LogP contribution in [0.4, 0.5) is 24.5 Å². The predicted octanol–water partition coefficient (Wildman–Crippen LogP) is 15.6. The highest BCUT2D eigenvalue weighted by Crippen LogP contribution is 2.34. The lowest BCUT2D eigenvalue weighted by Crippen LogP contribution is -2.12. The van der Waals surface area contributed by atoms with Crippen molar-refractivity contribution in [3.63, 3.8) is 0 Å². The van der Waals surface area contributed by atoms with Crippen LogP contribution in [0.2, 0.25) is 0 Å². The third kappa shape index (κ3) is 24.2. The number of nitrogen functional groups attached to an aromatic ring is 1. The van der Waals surface area contributed by atoms with Crippen LogP contribution in [0.25, 0.3) is 0 Å². The molecule has 22 heteroatoms. The zero-order chi connectivity index (χ0) is 68.7. The molecule has 0 unspecified atom stereocenters. The van der Waals surface area contributed by atoms with Gasteiger partial charge in [0.15, 0.2) is 32.9 Å². The van der Waals surface area contributed by atoms with E-state index in [-0.39, 0.29) is 59.8 Å². The average Bonchev–Trinajstić information content (AvgIpc) is 2.40. The van der Waals surface area contributed by atoms with Gasteiger partial charge in [-0.1, -0.05) is 164 Å². The molecule has 0 saturated carbocycles. The fourth-order valence-corrected chi connectivity index (χ4v) is 11.5. The summed E-state index contributed by atoms with van der Waals surface area (Å²) in [7, 11) is 0. The normalized spacial score (nSPS) is 10.3. The molecule has 95 heavy (non-hydrogen) atoms. The van der Waals surface area contributed by atoms with Gasteiger partial charge in [0.25, 0.3) is 5.69 Å². The Hall–Kier alpha value is -10.4. The second kappa shape index (κ2) is 38.0. The lowest BCUT2D eigenvalue weighted by Gasteiger charge is -2.10. The van der Waals surface area contributed by atoms with E-state index >= 15 is 0 Å². The number of carbonyl (C=O) groups is 5. The number of rotatable bonds is 13. The highest BCUT2D eigenvalue weighted by atomic mass is 32.2. The molecule has 478 valence electrons. The van der Waals surface area contributed by atoms with E-state index < -0.39 is 32.8 Å². The van der Waals surface area contributed by atoms with E-state index in [0.717, 1.165) is 52.3 Å². The molecule has 0 radical (unpaired) electrons. The first-order chi connectivity index (χ1) is 45.6. The van der Waals surface area contributed by atoms with Gasteiger partial charge in [-0.15, -0.1) is 11.8 Å². The Morgan fingerprint density at radius 2 is 0.747 bits per heavy atom. The smallest absolute Gasteiger partial charge is 0.399 e. The zero-order valence-corrected chi connectivity index (χ0v) is 53.9. The molecular formula is C73H53F3N2O12S5. The molecule has 0 amide bonds. The number of hydrogen-bond acceptors (Lipinski definition) is 18. The topological polar surface area (TPSA) is 240 Å². The first-order valence-corrected chi connectivity index (χ1v) is 32.4. The molecule has 0 aliphatic heterocycles. The van der Waals surface area contributed by atoms with Gasteiger partial charge >= 0.3 is 6.18 Å². The maximum Gasteiger partial charge on any atom is 0.417 e. The van der Waals surface area contributed by atoms with E-state index in [1.807, 2.05) is 42.7 Å². The molecule has 0 heterocycles.